The third-order valence-corrected chi connectivity index (χ3v) is 2.51. The van der Waals surface area contributed by atoms with Crippen molar-refractivity contribution in [2.75, 3.05) is 13.2 Å². The molecule has 0 saturated carbocycles. The first kappa shape index (κ1) is 15.9. The van der Waals surface area contributed by atoms with Crippen molar-refractivity contribution >= 4 is 31.2 Å². The molecule has 0 aromatic rings. The van der Waals surface area contributed by atoms with Crippen LogP contribution >= 0.6 is 25.3 Å². The van der Waals surface area contributed by atoms with Gasteiger partial charge in [-0.05, 0) is 18.3 Å². The summed E-state index contributed by atoms with van der Waals surface area (Å²) in [5.41, 5.74) is 0.606. The highest BCUT2D eigenvalue weighted by Gasteiger charge is 2.18. The van der Waals surface area contributed by atoms with Crippen LogP contribution in [0.3, 0.4) is 0 Å². The Balaban J connectivity index is 4.42. The van der Waals surface area contributed by atoms with Crippen LogP contribution in [0.4, 0.5) is 0 Å². The summed E-state index contributed by atoms with van der Waals surface area (Å²) in [7, 11) is 0. The van der Waals surface area contributed by atoms with Crippen LogP contribution in [0, 0.1) is 5.41 Å². The van der Waals surface area contributed by atoms with E-state index in [4.69, 9.17) is 9.84 Å². The van der Waals surface area contributed by atoms with Gasteiger partial charge in [-0.25, -0.2) is 4.79 Å². The predicted octanol–water partition coefficient (Wildman–Crippen LogP) is 2.42. The number of aliphatic hydroxyl groups excluding tert-OH is 1. The molecule has 1 N–H and O–H groups in total. The van der Waals surface area contributed by atoms with E-state index >= 15 is 0 Å². The number of carbonyl (C=O) groups excluding carboxylic acids is 1. The van der Waals surface area contributed by atoms with Crippen molar-refractivity contribution in [3.63, 3.8) is 0 Å². The maximum atomic E-state index is 11.6. The lowest BCUT2D eigenvalue weighted by molar-refractivity contribution is -0.140. The summed E-state index contributed by atoms with van der Waals surface area (Å²) in [4.78, 5) is 11.6. The van der Waals surface area contributed by atoms with Crippen molar-refractivity contribution in [2.24, 2.45) is 5.41 Å². The fraction of sp³-hybridized carbons (Fsp3) is 0.727. The van der Waals surface area contributed by atoms with Gasteiger partial charge in [-0.3, -0.25) is 0 Å². The highest BCUT2D eigenvalue weighted by atomic mass is 32.2. The second-order valence-electron chi connectivity index (χ2n) is 4.72. The third kappa shape index (κ3) is 7.19. The molecule has 0 atom stereocenters. The highest BCUT2D eigenvalue weighted by molar-refractivity contribution is 8.05. The number of esters is 1. The number of aliphatic hydroxyl groups is 1. The van der Waals surface area contributed by atoms with Crippen LogP contribution in [0.15, 0.2) is 9.81 Å². The zero-order valence-corrected chi connectivity index (χ0v) is 11.8. The monoisotopic (exact) mass is 264 g/mol. The van der Waals surface area contributed by atoms with Crippen LogP contribution in [-0.2, 0) is 9.53 Å². The van der Waals surface area contributed by atoms with E-state index < -0.39 is 5.97 Å². The molecule has 0 heterocycles. The number of carbonyl (C=O) groups is 1. The number of hydrogen-bond acceptors (Lipinski definition) is 5. The minimum absolute atomic E-state index is 0.00663. The molecule has 0 radical (unpaired) electrons. The van der Waals surface area contributed by atoms with Gasteiger partial charge in [0.2, 0.25) is 0 Å². The first-order chi connectivity index (χ1) is 7.28. The Kier molecular flexibility index (Phi) is 7.19. The minimum Gasteiger partial charge on any atom is -0.460 e. The molecule has 0 spiro atoms. The number of rotatable bonds is 5. The average Bonchev–Trinajstić information content (AvgIpc) is 2.12. The van der Waals surface area contributed by atoms with Crippen molar-refractivity contribution in [2.45, 2.75) is 33.6 Å². The summed E-state index contributed by atoms with van der Waals surface area (Å²) in [6, 6.07) is 0. The quantitative estimate of drug-likeness (QED) is 0.406. The lowest BCUT2D eigenvalue weighted by Crippen LogP contribution is -2.14. The van der Waals surface area contributed by atoms with Gasteiger partial charge < -0.3 is 9.84 Å². The van der Waals surface area contributed by atoms with Crippen molar-refractivity contribution in [3.05, 3.63) is 9.81 Å². The standard InChI is InChI=1S/C11H20O3S2/c1-11(2,3)5-4-8(10(15)16)9(13)14-7-6-12/h12,15-16H,4-7H2,1-3H3. The minimum atomic E-state index is -0.446. The Morgan fingerprint density at radius 1 is 1.31 bits per heavy atom. The smallest absolute Gasteiger partial charge is 0.335 e. The van der Waals surface area contributed by atoms with E-state index in [-0.39, 0.29) is 18.6 Å². The largest absolute Gasteiger partial charge is 0.460 e. The second-order valence-corrected chi connectivity index (χ2v) is 5.97. The van der Waals surface area contributed by atoms with E-state index in [2.05, 4.69) is 46.0 Å². The van der Waals surface area contributed by atoms with E-state index in [1.807, 2.05) is 0 Å². The van der Waals surface area contributed by atoms with Crippen LogP contribution in [-0.4, -0.2) is 24.3 Å². The van der Waals surface area contributed by atoms with Gasteiger partial charge in [0.15, 0.2) is 0 Å². The van der Waals surface area contributed by atoms with Crippen LogP contribution in [0.5, 0.6) is 0 Å². The molecule has 5 heteroatoms. The van der Waals surface area contributed by atoms with E-state index in [1.54, 1.807) is 0 Å². The molecule has 0 saturated heterocycles. The Morgan fingerprint density at radius 3 is 2.25 bits per heavy atom. The maximum absolute atomic E-state index is 11.6. The van der Waals surface area contributed by atoms with E-state index in [0.717, 1.165) is 6.42 Å². The molecule has 0 bridgehead atoms. The number of thiol groups is 2. The number of ether oxygens (including phenoxy) is 1. The first-order valence-electron chi connectivity index (χ1n) is 5.17. The van der Waals surface area contributed by atoms with Gasteiger partial charge in [-0.2, -0.15) is 0 Å². The summed E-state index contributed by atoms with van der Waals surface area (Å²) in [5.74, 6) is -0.446. The van der Waals surface area contributed by atoms with Gasteiger partial charge in [-0.1, -0.05) is 20.8 Å². The summed E-state index contributed by atoms with van der Waals surface area (Å²) in [6.45, 7) is 6.13. The molecule has 0 rings (SSSR count). The molecule has 0 amide bonds. The molecular formula is C11H20O3S2. The fourth-order valence-corrected chi connectivity index (χ4v) is 1.44. The van der Waals surface area contributed by atoms with Gasteiger partial charge in [0.1, 0.15) is 6.61 Å². The van der Waals surface area contributed by atoms with Crippen molar-refractivity contribution < 1.29 is 14.6 Å². The highest BCUT2D eigenvalue weighted by Crippen LogP contribution is 2.27. The third-order valence-electron chi connectivity index (χ3n) is 1.97. The average molecular weight is 264 g/mol. The Bertz CT molecular complexity index is 263. The van der Waals surface area contributed by atoms with Crippen LogP contribution < -0.4 is 0 Å². The van der Waals surface area contributed by atoms with Gasteiger partial charge >= 0.3 is 5.97 Å². The molecule has 0 aromatic carbocycles. The SMILES string of the molecule is CC(C)(C)CCC(C(=O)OCCO)=C(S)S. The first-order valence-corrected chi connectivity index (χ1v) is 6.06. The van der Waals surface area contributed by atoms with E-state index in [9.17, 15) is 4.79 Å². The van der Waals surface area contributed by atoms with Gasteiger partial charge in [0.25, 0.3) is 0 Å². The summed E-state index contributed by atoms with van der Waals surface area (Å²) < 4.78 is 5.22. The molecule has 0 unspecified atom stereocenters. The molecule has 0 aliphatic rings. The zero-order chi connectivity index (χ0) is 12.8. The van der Waals surface area contributed by atoms with Crippen molar-refractivity contribution in [1.29, 1.82) is 0 Å². The van der Waals surface area contributed by atoms with Crippen molar-refractivity contribution in [3.8, 4) is 0 Å². The molecule has 94 valence electrons. The summed E-state index contributed by atoms with van der Waals surface area (Å²) >= 11 is 8.13. The van der Waals surface area contributed by atoms with Crippen LogP contribution in [0.2, 0.25) is 0 Å². The predicted molar refractivity (Wildman–Crippen MR) is 71.7 cm³/mol. The molecule has 3 nitrogen and oxygen atoms in total. The normalized spacial score (nSPS) is 11.1. The van der Waals surface area contributed by atoms with Crippen LogP contribution in [0.1, 0.15) is 33.6 Å². The molecule has 0 aromatic heterocycles. The lowest BCUT2D eigenvalue weighted by Gasteiger charge is -2.18. The van der Waals surface area contributed by atoms with Gasteiger partial charge in [-0.15, -0.1) is 25.3 Å². The molecule has 0 aliphatic carbocycles. The summed E-state index contributed by atoms with van der Waals surface area (Å²) in [5, 5.41) is 8.56. The molecule has 0 aliphatic heterocycles. The summed E-state index contributed by atoms with van der Waals surface area (Å²) in [6.07, 6.45) is 1.43. The Hall–Kier alpha value is -0.130. The van der Waals surface area contributed by atoms with E-state index in [0.29, 0.717) is 16.2 Å². The lowest BCUT2D eigenvalue weighted by atomic mass is 9.89. The molecule has 0 fully saturated rings. The molecular weight excluding hydrogens is 244 g/mol. The van der Waals surface area contributed by atoms with Crippen molar-refractivity contribution in [1.82, 2.24) is 0 Å². The van der Waals surface area contributed by atoms with Gasteiger partial charge in [0, 0.05) is 4.24 Å². The van der Waals surface area contributed by atoms with E-state index in [1.165, 1.54) is 0 Å². The van der Waals surface area contributed by atoms with Gasteiger partial charge in [0.05, 0.1) is 12.2 Å². The Labute approximate surface area is 108 Å². The second kappa shape index (κ2) is 7.25. The zero-order valence-electron chi connectivity index (χ0n) is 9.99. The topological polar surface area (TPSA) is 46.5 Å². The maximum Gasteiger partial charge on any atom is 0.335 e. The fourth-order valence-electron chi connectivity index (χ4n) is 1.03. The molecule has 16 heavy (non-hydrogen) atoms. The number of hydrogen-bond donors (Lipinski definition) is 3. The van der Waals surface area contributed by atoms with Crippen LogP contribution in [0.25, 0.3) is 0 Å². The Morgan fingerprint density at radius 2 is 1.88 bits per heavy atom.